The van der Waals surface area contributed by atoms with Crippen molar-refractivity contribution < 1.29 is 34.8 Å². The summed E-state index contributed by atoms with van der Waals surface area (Å²) in [5.41, 5.74) is -3.25. The molecule has 2 aromatic carbocycles. The maximum absolute atomic E-state index is 12.9. The molecule has 29 heavy (non-hydrogen) atoms. The second kappa shape index (κ2) is 7.87. The molecule has 11 heteroatoms. The predicted octanol–water partition coefficient (Wildman–Crippen LogP) is 5.10. The summed E-state index contributed by atoms with van der Waals surface area (Å²) in [5, 5.41) is 7.23. The Bertz CT molecular complexity index is 1030. The largest absolute Gasteiger partial charge is 0.416 e. The van der Waals surface area contributed by atoms with Crippen LogP contribution < -0.4 is 0 Å². The molecule has 0 aliphatic carbocycles. The van der Waals surface area contributed by atoms with Gasteiger partial charge in [-0.3, -0.25) is 4.99 Å². The molecule has 154 valence electrons. The zero-order valence-corrected chi connectivity index (χ0v) is 15.4. The van der Waals surface area contributed by atoms with Crippen molar-refractivity contribution in [2.75, 3.05) is 0 Å². The third-order valence-electron chi connectivity index (χ3n) is 3.74. The number of hydrogen-bond acceptors (Lipinski definition) is 4. The van der Waals surface area contributed by atoms with Crippen LogP contribution in [0.5, 0.6) is 0 Å². The van der Waals surface area contributed by atoms with Crippen molar-refractivity contribution >= 4 is 21.7 Å². The van der Waals surface area contributed by atoms with Gasteiger partial charge in [0.2, 0.25) is 0 Å². The van der Waals surface area contributed by atoms with Gasteiger partial charge in [-0.15, -0.1) is 0 Å². The van der Waals surface area contributed by atoms with Gasteiger partial charge in [-0.25, -0.2) is 8.42 Å². The number of hydrogen-bond donors (Lipinski definition) is 0. The van der Waals surface area contributed by atoms with Crippen molar-refractivity contribution in [3.63, 3.8) is 0 Å². The Balaban J connectivity index is 2.48. The molecule has 2 aromatic rings. The molecule has 0 heterocycles. The van der Waals surface area contributed by atoms with Crippen LogP contribution in [0.4, 0.5) is 32.0 Å². The summed E-state index contributed by atoms with van der Waals surface area (Å²) < 4.78 is 102. The Morgan fingerprint density at radius 2 is 1.45 bits per heavy atom. The second-order valence-corrected chi connectivity index (χ2v) is 8.02. The van der Waals surface area contributed by atoms with Crippen LogP contribution in [0.15, 0.2) is 52.4 Å². The van der Waals surface area contributed by atoms with Crippen LogP contribution >= 0.6 is 0 Å². The van der Waals surface area contributed by atoms with E-state index in [1.807, 2.05) is 0 Å². The minimum absolute atomic E-state index is 0.0795. The van der Waals surface area contributed by atoms with Gasteiger partial charge in [0.15, 0.2) is 15.1 Å². The molecule has 0 fully saturated rings. The molecule has 0 spiro atoms. The van der Waals surface area contributed by atoms with Crippen molar-refractivity contribution in [3.8, 4) is 6.07 Å². The van der Waals surface area contributed by atoms with E-state index in [1.54, 1.807) is 6.92 Å². The molecule has 0 amide bonds. The number of nitriles is 1. The van der Waals surface area contributed by atoms with Gasteiger partial charge in [0.05, 0.1) is 27.8 Å². The standard InChI is InChI=1S/C18H12F6N2O2S/c1-11-2-4-15(5-3-11)29(27,28)16(9-25)10-26-14-7-12(17(19,20)21)6-13(8-14)18(22,23)24/h2-8,10,16H,1H3. The Morgan fingerprint density at radius 3 is 1.86 bits per heavy atom. The maximum Gasteiger partial charge on any atom is 0.416 e. The first kappa shape index (κ1) is 22.4. The summed E-state index contributed by atoms with van der Waals surface area (Å²) in [4.78, 5) is 3.17. The van der Waals surface area contributed by atoms with E-state index in [9.17, 15) is 34.8 Å². The smallest absolute Gasteiger partial charge is 0.259 e. The summed E-state index contributed by atoms with van der Waals surface area (Å²) in [7, 11) is -4.27. The first-order valence-corrected chi connectivity index (χ1v) is 9.33. The van der Waals surface area contributed by atoms with Gasteiger partial charge >= 0.3 is 12.4 Å². The Hall–Kier alpha value is -2.87. The van der Waals surface area contributed by atoms with Gasteiger partial charge in [0, 0.05) is 6.21 Å². The second-order valence-electron chi connectivity index (χ2n) is 5.95. The zero-order valence-electron chi connectivity index (χ0n) is 14.6. The Labute approximate surface area is 162 Å². The van der Waals surface area contributed by atoms with E-state index >= 15 is 0 Å². The molecule has 0 saturated heterocycles. The maximum atomic E-state index is 12.9. The van der Waals surface area contributed by atoms with Gasteiger partial charge < -0.3 is 0 Å². The SMILES string of the molecule is Cc1ccc(S(=O)(=O)C(C#N)C=Nc2cc(C(F)(F)F)cc(C(F)(F)F)c2)cc1. The quantitative estimate of drug-likeness (QED) is 0.497. The van der Waals surface area contributed by atoms with Crippen LogP contribution in [0.2, 0.25) is 0 Å². The summed E-state index contributed by atoms with van der Waals surface area (Å²) >= 11 is 0. The number of halogens is 6. The lowest BCUT2D eigenvalue weighted by Crippen LogP contribution is -2.21. The van der Waals surface area contributed by atoms with E-state index in [2.05, 4.69) is 4.99 Å². The first-order valence-electron chi connectivity index (χ1n) is 7.79. The minimum Gasteiger partial charge on any atom is -0.259 e. The van der Waals surface area contributed by atoms with Crippen LogP contribution in [0.3, 0.4) is 0 Å². The van der Waals surface area contributed by atoms with Crippen LogP contribution in [0.1, 0.15) is 16.7 Å². The average Bonchev–Trinajstić information content (AvgIpc) is 2.60. The summed E-state index contributed by atoms with van der Waals surface area (Å²) in [6.07, 6.45) is -9.65. The van der Waals surface area contributed by atoms with Gasteiger partial charge in [-0.2, -0.15) is 31.6 Å². The lowest BCUT2D eigenvalue weighted by atomic mass is 10.1. The molecule has 4 nitrogen and oxygen atoms in total. The number of benzene rings is 2. The van der Waals surface area contributed by atoms with Crippen molar-refractivity contribution in [2.24, 2.45) is 4.99 Å². The van der Waals surface area contributed by atoms with E-state index in [0.29, 0.717) is 18.3 Å². The highest BCUT2D eigenvalue weighted by molar-refractivity contribution is 7.93. The number of aryl methyl sites for hydroxylation is 1. The number of rotatable bonds is 4. The van der Waals surface area contributed by atoms with E-state index in [-0.39, 0.29) is 11.0 Å². The molecule has 0 aliphatic heterocycles. The Morgan fingerprint density at radius 1 is 0.966 bits per heavy atom. The molecule has 0 aromatic heterocycles. The van der Waals surface area contributed by atoms with Gasteiger partial charge in [-0.05, 0) is 37.3 Å². The monoisotopic (exact) mass is 434 g/mol. The molecule has 0 radical (unpaired) electrons. The molecular weight excluding hydrogens is 422 g/mol. The third-order valence-corrected chi connectivity index (χ3v) is 5.57. The predicted molar refractivity (Wildman–Crippen MR) is 92.4 cm³/mol. The molecule has 2 rings (SSSR count). The number of alkyl halides is 6. The summed E-state index contributed by atoms with van der Waals surface area (Å²) in [6, 6.07) is 7.43. The van der Waals surface area contributed by atoms with Crippen molar-refractivity contribution in [1.29, 1.82) is 5.26 Å². The lowest BCUT2D eigenvalue weighted by Gasteiger charge is -2.13. The van der Waals surface area contributed by atoms with Crippen molar-refractivity contribution in [2.45, 2.75) is 29.4 Å². The zero-order chi connectivity index (χ0) is 22.0. The van der Waals surface area contributed by atoms with Gasteiger partial charge in [-0.1, -0.05) is 17.7 Å². The van der Waals surface area contributed by atoms with E-state index in [4.69, 9.17) is 5.26 Å². The number of nitrogens with zero attached hydrogens (tertiary/aromatic N) is 2. The molecule has 0 aliphatic rings. The number of aliphatic imine (C=N–C) groups is 1. The van der Waals surface area contributed by atoms with Gasteiger partial charge in [0.25, 0.3) is 0 Å². The highest BCUT2D eigenvalue weighted by Gasteiger charge is 2.37. The summed E-state index contributed by atoms with van der Waals surface area (Å²) in [6.45, 7) is 1.70. The summed E-state index contributed by atoms with van der Waals surface area (Å²) in [5.74, 6) is 0. The van der Waals surface area contributed by atoms with E-state index in [1.165, 1.54) is 30.3 Å². The lowest BCUT2D eigenvalue weighted by molar-refractivity contribution is -0.143. The number of sulfone groups is 1. The van der Waals surface area contributed by atoms with Crippen LogP contribution in [-0.2, 0) is 22.2 Å². The fraction of sp³-hybridized carbons (Fsp3) is 0.222. The van der Waals surface area contributed by atoms with Crippen molar-refractivity contribution in [1.82, 2.24) is 0 Å². The van der Waals surface area contributed by atoms with E-state index in [0.717, 1.165) is 5.56 Å². The Kier molecular flexibility index (Phi) is 6.08. The molecule has 0 saturated carbocycles. The molecule has 0 N–H and O–H groups in total. The minimum atomic E-state index is -5.08. The van der Waals surface area contributed by atoms with Gasteiger partial charge in [0.1, 0.15) is 0 Å². The first-order chi connectivity index (χ1) is 13.2. The fourth-order valence-electron chi connectivity index (χ4n) is 2.22. The van der Waals surface area contributed by atoms with Crippen molar-refractivity contribution in [3.05, 3.63) is 59.2 Å². The fourth-order valence-corrected chi connectivity index (χ4v) is 3.39. The van der Waals surface area contributed by atoms with Crippen LogP contribution in [-0.4, -0.2) is 19.9 Å². The highest BCUT2D eigenvalue weighted by Crippen LogP contribution is 2.38. The van der Waals surface area contributed by atoms with Crippen LogP contribution in [0.25, 0.3) is 0 Å². The third kappa shape index (κ3) is 5.35. The average molecular weight is 434 g/mol. The van der Waals surface area contributed by atoms with E-state index < -0.39 is 44.3 Å². The molecule has 1 atom stereocenters. The molecule has 1 unspecified atom stereocenters. The molecule has 0 bridgehead atoms. The topological polar surface area (TPSA) is 70.3 Å². The van der Waals surface area contributed by atoms with Crippen LogP contribution in [0, 0.1) is 18.3 Å². The highest BCUT2D eigenvalue weighted by atomic mass is 32.2. The molecular formula is C18H12F6N2O2S. The normalized spacial score (nSPS) is 14.0.